The van der Waals surface area contributed by atoms with E-state index in [-0.39, 0.29) is 12.6 Å². The van der Waals surface area contributed by atoms with E-state index in [1.54, 1.807) is 37.3 Å². The lowest BCUT2D eigenvalue weighted by molar-refractivity contribution is 0.0497. The number of anilines is 2. The molecule has 162 valence electrons. The minimum absolute atomic E-state index is 0.255. The molecule has 0 aliphatic carbocycles. The van der Waals surface area contributed by atoms with Crippen LogP contribution in [0.2, 0.25) is 5.02 Å². The second-order valence-corrected chi connectivity index (χ2v) is 7.43. The van der Waals surface area contributed by atoms with Crippen molar-refractivity contribution in [1.82, 2.24) is 4.98 Å². The molecule has 0 bridgehead atoms. The quantitative estimate of drug-likeness (QED) is 0.338. The molecule has 0 atom stereocenters. The first-order valence-electron chi connectivity index (χ1n) is 10.2. The van der Waals surface area contributed by atoms with Crippen LogP contribution in [-0.4, -0.2) is 30.1 Å². The van der Waals surface area contributed by atoms with E-state index in [9.17, 15) is 9.59 Å². The van der Waals surface area contributed by atoms with E-state index >= 15 is 0 Å². The van der Waals surface area contributed by atoms with Gasteiger partial charge in [-0.2, -0.15) is 0 Å². The summed E-state index contributed by atoms with van der Waals surface area (Å²) >= 11 is 6.25. The Balaban J connectivity index is 1.95. The summed E-state index contributed by atoms with van der Waals surface area (Å²) in [6.07, 6.45) is 3.29. The van der Waals surface area contributed by atoms with Gasteiger partial charge in [-0.3, -0.25) is 4.98 Å². The monoisotopic (exact) mass is 440 g/mol. The van der Waals surface area contributed by atoms with E-state index in [1.807, 2.05) is 19.9 Å². The number of ether oxygens (including phenoxy) is 2. The van der Waals surface area contributed by atoms with E-state index in [4.69, 9.17) is 21.1 Å². The third kappa shape index (κ3) is 5.14. The van der Waals surface area contributed by atoms with Gasteiger partial charge >= 0.3 is 11.9 Å². The van der Waals surface area contributed by atoms with Crippen LogP contribution in [0.4, 0.5) is 11.4 Å². The van der Waals surface area contributed by atoms with E-state index in [2.05, 4.69) is 10.3 Å². The molecule has 0 saturated carbocycles. The lowest BCUT2D eigenvalue weighted by Crippen LogP contribution is -2.10. The number of hydrogen-bond acceptors (Lipinski definition) is 6. The summed E-state index contributed by atoms with van der Waals surface area (Å²) in [4.78, 5) is 29.1. The van der Waals surface area contributed by atoms with Crippen LogP contribution in [0.5, 0.6) is 0 Å². The van der Waals surface area contributed by atoms with Crippen molar-refractivity contribution in [2.45, 2.75) is 33.6 Å². The highest BCUT2D eigenvalue weighted by Gasteiger charge is 2.19. The first-order chi connectivity index (χ1) is 15.0. The molecule has 7 heteroatoms. The largest absolute Gasteiger partial charge is 0.462 e. The van der Waals surface area contributed by atoms with Crippen molar-refractivity contribution < 1.29 is 19.1 Å². The molecule has 0 spiro atoms. The maximum atomic E-state index is 12.5. The number of aryl methyl sites for hydroxylation is 1. The molecular formula is C24H25ClN2O4. The van der Waals surface area contributed by atoms with Gasteiger partial charge in [-0.25, -0.2) is 9.59 Å². The molecule has 1 heterocycles. The van der Waals surface area contributed by atoms with Crippen molar-refractivity contribution in [2.75, 3.05) is 18.5 Å². The predicted molar refractivity (Wildman–Crippen MR) is 122 cm³/mol. The summed E-state index contributed by atoms with van der Waals surface area (Å²) in [7, 11) is 0. The van der Waals surface area contributed by atoms with Crippen molar-refractivity contribution in [3.63, 3.8) is 0 Å². The zero-order chi connectivity index (χ0) is 22.4. The number of pyridine rings is 1. The highest BCUT2D eigenvalue weighted by atomic mass is 35.5. The fourth-order valence-corrected chi connectivity index (χ4v) is 3.26. The Morgan fingerprint density at radius 3 is 2.45 bits per heavy atom. The maximum absolute atomic E-state index is 12.5. The number of fused-ring (bicyclic) bond motifs is 1. The molecule has 31 heavy (non-hydrogen) atoms. The van der Waals surface area contributed by atoms with Crippen molar-refractivity contribution >= 4 is 45.8 Å². The Labute approximate surface area is 186 Å². The molecule has 0 amide bonds. The SMILES string of the molecule is CCCCOC(=O)c1ccc(Nc2c(C(=O)OCC)cnc3c(C)c(Cl)ccc23)cc1. The summed E-state index contributed by atoms with van der Waals surface area (Å²) in [6, 6.07) is 10.5. The van der Waals surface area contributed by atoms with E-state index in [0.29, 0.717) is 39.6 Å². The topological polar surface area (TPSA) is 77.5 Å². The molecule has 0 saturated heterocycles. The number of halogens is 1. The van der Waals surface area contributed by atoms with Crippen LogP contribution in [0.15, 0.2) is 42.6 Å². The number of rotatable bonds is 8. The zero-order valence-electron chi connectivity index (χ0n) is 17.8. The average molecular weight is 441 g/mol. The Morgan fingerprint density at radius 2 is 1.77 bits per heavy atom. The number of benzene rings is 2. The first kappa shape index (κ1) is 22.6. The lowest BCUT2D eigenvalue weighted by atomic mass is 10.1. The number of carbonyl (C=O) groups is 2. The second-order valence-electron chi connectivity index (χ2n) is 7.03. The Bertz CT molecular complexity index is 1100. The number of esters is 2. The molecule has 3 aromatic rings. The number of hydrogen-bond donors (Lipinski definition) is 1. The molecule has 1 aromatic heterocycles. The zero-order valence-corrected chi connectivity index (χ0v) is 18.6. The van der Waals surface area contributed by atoms with Gasteiger partial charge in [0.15, 0.2) is 0 Å². The number of nitrogens with zero attached hydrogens (tertiary/aromatic N) is 1. The average Bonchev–Trinajstić information content (AvgIpc) is 2.77. The standard InChI is InChI=1S/C24H25ClN2O4/c1-4-6-13-31-23(28)16-7-9-17(10-8-16)27-22-18-11-12-20(25)15(3)21(18)26-14-19(22)24(29)30-5-2/h7-12,14H,4-6,13H2,1-3H3,(H,26,27). The molecule has 0 aliphatic rings. The van der Waals surface area contributed by atoms with E-state index in [0.717, 1.165) is 23.8 Å². The van der Waals surface area contributed by atoms with Gasteiger partial charge in [-0.15, -0.1) is 0 Å². The van der Waals surface area contributed by atoms with Crippen LogP contribution < -0.4 is 5.32 Å². The van der Waals surface area contributed by atoms with Gasteiger partial charge in [-0.05, 0) is 62.2 Å². The highest BCUT2D eigenvalue weighted by molar-refractivity contribution is 6.32. The Kier molecular flexibility index (Phi) is 7.47. The lowest BCUT2D eigenvalue weighted by Gasteiger charge is -2.15. The minimum atomic E-state index is -0.469. The van der Waals surface area contributed by atoms with Gasteiger partial charge in [0.05, 0.1) is 30.0 Å². The van der Waals surface area contributed by atoms with E-state index < -0.39 is 5.97 Å². The first-order valence-corrected chi connectivity index (χ1v) is 10.6. The Hall–Kier alpha value is -3.12. The van der Waals surface area contributed by atoms with Crippen LogP contribution >= 0.6 is 11.6 Å². The van der Waals surface area contributed by atoms with Crippen molar-refractivity contribution in [1.29, 1.82) is 0 Å². The third-order valence-electron chi connectivity index (χ3n) is 4.84. The van der Waals surface area contributed by atoms with E-state index in [1.165, 1.54) is 6.20 Å². The predicted octanol–water partition coefficient (Wildman–Crippen LogP) is 6.07. The molecule has 0 unspecified atom stereocenters. The number of nitrogens with one attached hydrogen (secondary N) is 1. The van der Waals surface area contributed by atoms with Crippen molar-refractivity contribution in [3.8, 4) is 0 Å². The molecular weight excluding hydrogens is 416 g/mol. The summed E-state index contributed by atoms with van der Waals surface area (Å²) in [5.41, 5.74) is 3.58. The fourth-order valence-electron chi connectivity index (χ4n) is 3.11. The maximum Gasteiger partial charge on any atom is 0.341 e. The summed E-state index contributed by atoms with van der Waals surface area (Å²) in [6.45, 7) is 6.33. The molecule has 6 nitrogen and oxygen atoms in total. The van der Waals surface area contributed by atoms with Gasteiger partial charge in [-0.1, -0.05) is 24.9 Å². The van der Waals surface area contributed by atoms with Crippen LogP contribution in [0.25, 0.3) is 10.9 Å². The molecule has 0 aliphatic heterocycles. The van der Waals surface area contributed by atoms with Gasteiger partial charge < -0.3 is 14.8 Å². The molecule has 3 rings (SSSR count). The van der Waals surface area contributed by atoms with Gasteiger partial charge in [0.2, 0.25) is 0 Å². The molecule has 0 radical (unpaired) electrons. The Morgan fingerprint density at radius 1 is 1.03 bits per heavy atom. The fraction of sp³-hybridized carbons (Fsp3) is 0.292. The number of unbranched alkanes of at least 4 members (excludes halogenated alkanes) is 1. The van der Waals surface area contributed by atoms with Crippen LogP contribution in [0.3, 0.4) is 0 Å². The summed E-state index contributed by atoms with van der Waals surface area (Å²) in [5, 5.41) is 4.63. The van der Waals surface area contributed by atoms with Gasteiger partial charge in [0, 0.05) is 22.3 Å². The smallest absolute Gasteiger partial charge is 0.341 e. The van der Waals surface area contributed by atoms with Crippen molar-refractivity contribution in [2.24, 2.45) is 0 Å². The molecule has 1 N–H and O–H groups in total. The highest BCUT2D eigenvalue weighted by Crippen LogP contribution is 2.33. The van der Waals surface area contributed by atoms with Crippen LogP contribution in [0.1, 0.15) is 53.0 Å². The normalized spacial score (nSPS) is 10.7. The van der Waals surface area contributed by atoms with Gasteiger partial charge in [0.25, 0.3) is 0 Å². The summed E-state index contributed by atoms with van der Waals surface area (Å²) < 4.78 is 10.4. The van der Waals surface area contributed by atoms with Gasteiger partial charge in [0.1, 0.15) is 5.56 Å². The number of carbonyl (C=O) groups excluding carboxylic acids is 2. The summed E-state index contributed by atoms with van der Waals surface area (Å²) in [5.74, 6) is -0.824. The third-order valence-corrected chi connectivity index (χ3v) is 5.25. The number of aromatic nitrogens is 1. The second kappa shape index (κ2) is 10.3. The molecule has 0 fully saturated rings. The molecule has 2 aromatic carbocycles. The van der Waals surface area contributed by atoms with Crippen LogP contribution in [0, 0.1) is 6.92 Å². The van der Waals surface area contributed by atoms with Crippen molar-refractivity contribution in [3.05, 3.63) is 64.3 Å². The van der Waals surface area contributed by atoms with Crippen LogP contribution in [-0.2, 0) is 9.47 Å². The minimum Gasteiger partial charge on any atom is -0.462 e.